The van der Waals surface area contributed by atoms with Crippen molar-refractivity contribution in [2.75, 3.05) is 44.3 Å². The Kier molecular flexibility index (Phi) is 8.54. The van der Waals surface area contributed by atoms with E-state index >= 15 is 0 Å². The number of ether oxygens (including phenoxy) is 1. The lowest BCUT2D eigenvalue weighted by molar-refractivity contribution is -0.132. The number of aromatic nitrogens is 6. The minimum atomic E-state index is -0.650. The summed E-state index contributed by atoms with van der Waals surface area (Å²) in [6.07, 6.45) is 14.0. The van der Waals surface area contributed by atoms with Gasteiger partial charge in [0.05, 0.1) is 18.1 Å². The van der Waals surface area contributed by atoms with Gasteiger partial charge in [-0.2, -0.15) is 10.2 Å². The number of rotatable bonds is 11. The summed E-state index contributed by atoms with van der Waals surface area (Å²) in [4.78, 5) is 40.3. The number of hydrogen-bond donors (Lipinski definition) is 2. The van der Waals surface area contributed by atoms with Crippen LogP contribution in [0.15, 0.2) is 73.2 Å². The highest BCUT2D eigenvalue weighted by atomic mass is 32.2. The summed E-state index contributed by atoms with van der Waals surface area (Å²) in [7, 11) is 0. The maximum Gasteiger partial charge on any atom is 0.241 e. The van der Waals surface area contributed by atoms with E-state index in [1.165, 1.54) is 24.0 Å². The van der Waals surface area contributed by atoms with Crippen LogP contribution in [0.4, 0.5) is 5.69 Å². The number of aromatic amines is 1. The third kappa shape index (κ3) is 6.70. The topological polar surface area (TPSA) is 134 Å². The Morgan fingerprint density at radius 3 is 2.56 bits per heavy atom. The molecule has 2 saturated carbocycles. The fourth-order valence-corrected chi connectivity index (χ4v) is 7.99. The summed E-state index contributed by atoms with van der Waals surface area (Å²) in [6.45, 7) is 2.76. The van der Waals surface area contributed by atoms with Crippen molar-refractivity contribution in [1.82, 2.24) is 39.7 Å². The average molecular weight is 716 g/mol. The zero-order valence-corrected chi connectivity index (χ0v) is 29.9. The third-order valence-electron chi connectivity index (χ3n) is 10.6. The second-order valence-electron chi connectivity index (χ2n) is 14.3. The van der Waals surface area contributed by atoms with E-state index in [0.717, 1.165) is 52.8 Å². The molecule has 2 aromatic carbocycles. The average Bonchev–Trinajstić information content (AvgIpc) is 4.06. The largest absolute Gasteiger partial charge is 0.474 e. The van der Waals surface area contributed by atoms with E-state index in [0.29, 0.717) is 56.8 Å². The van der Waals surface area contributed by atoms with Crippen molar-refractivity contribution in [3.05, 3.63) is 78.8 Å². The Morgan fingerprint density at radius 2 is 1.83 bits per heavy atom. The van der Waals surface area contributed by atoms with Crippen LogP contribution in [0.5, 0.6) is 5.88 Å². The number of thioether (sulfide) groups is 1. The number of pyridine rings is 1. The standard InChI is InChI=1S/C39H41N9O3S/c1-52-39(38(50)42-29-7-12-33-32(20-29)36(44-43-33)28-6-13-34(40-21-28)51-31-10-11-31)16-19-46(23-39)22-35(49)47-17-14-26(15-18-47)25-2-4-27(5-3-25)37-41-24-48(45-37)30-8-9-30/h2-7,12-14,20-21,24,30-31H,8-11,15-19,22-23H2,1H3,(H,42,50)(H,43,44)/t39-/m0/s1. The van der Waals surface area contributed by atoms with E-state index in [4.69, 9.17) is 4.74 Å². The van der Waals surface area contributed by atoms with Crippen molar-refractivity contribution >= 4 is 45.7 Å². The predicted molar refractivity (Wildman–Crippen MR) is 202 cm³/mol. The highest BCUT2D eigenvalue weighted by Gasteiger charge is 2.45. The molecule has 9 rings (SSSR count). The van der Waals surface area contributed by atoms with Gasteiger partial charge >= 0.3 is 0 Å². The molecule has 5 aromatic rings. The monoisotopic (exact) mass is 715 g/mol. The van der Waals surface area contributed by atoms with Crippen molar-refractivity contribution in [1.29, 1.82) is 0 Å². The third-order valence-corrected chi connectivity index (χ3v) is 11.9. The van der Waals surface area contributed by atoms with Crippen molar-refractivity contribution < 1.29 is 14.3 Å². The van der Waals surface area contributed by atoms with Crippen LogP contribution in [0, 0.1) is 0 Å². The van der Waals surface area contributed by atoms with Gasteiger partial charge in [-0.1, -0.05) is 30.3 Å². The Labute approximate surface area is 306 Å². The van der Waals surface area contributed by atoms with Crippen LogP contribution in [0.2, 0.25) is 0 Å². The molecule has 3 aromatic heterocycles. The predicted octanol–water partition coefficient (Wildman–Crippen LogP) is 5.82. The molecule has 13 heteroatoms. The number of carbonyl (C=O) groups excluding carboxylic acids is 2. The van der Waals surface area contributed by atoms with Crippen molar-refractivity contribution in [3.63, 3.8) is 0 Å². The van der Waals surface area contributed by atoms with Crippen LogP contribution in [0.25, 0.3) is 39.1 Å². The van der Waals surface area contributed by atoms with E-state index in [9.17, 15) is 9.59 Å². The molecule has 52 heavy (non-hydrogen) atoms. The summed E-state index contributed by atoms with van der Waals surface area (Å²) in [5.74, 6) is 1.43. The van der Waals surface area contributed by atoms with Gasteiger partial charge in [0, 0.05) is 60.6 Å². The van der Waals surface area contributed by atoms with Gasteiger partial charge < -0.3 is 15.0 Å². The molecule has 0 bridgehead atoms. The second kappa shape index (κ2) is 13.5. The lowest BCUT2D eigenvalue weighted by Crippen LogP contribution is -2.45. The molecule has 2 aliphatic heterocycles. The molecule has 4 aliphatic rings. The molecule has 1 saturated heterocycles. The fraction of sp³-hybridized carbons (Fsp3) is 0.385. The minimum Gasteiger partial charge on any atom is -0.474 e. The van der Waals surface area contributed by atoms with Crippen LogP contribution in [0.1, 0.15) is 50.1 Å². The highest BCUT2D eigenvalue weighted by molar-refractivity contribution is 8.00. The number of benzene rings is 2. The van der Waals surface area contributed by atoms with E-state index in [1.807, 2.05) is 52.5 Å². The quantitative estimate of drug-likeness (QED) is 0.174. The lowest BCUT2D eigenvalue weighted by atomic mass is 9.98. The first-order chi connectivity index (χ1) is 25.4. The summed E-state index contributed by atoms with van der Waals surface area (Å²) in [5.41, 5.74) is 6.65. The number of carbonyl (C=O) groups is 2. The van der Waals surface area contributed by atoms with E-state index in [-0.39, 0.29) is 17.9 Å². The number of fused-ring (bicyclic) bond motifs is 1. The number of H-pyrrole nitrogens is 1. The number of nitrogens with zero attached hydrogens (tertiary/aromatic N) is 7. The van der Waals surface area contributed by atoms with Gasteiger partial charge in [-0.3, -0.25) is 19.6 Å². The second-order valence-corrected chi connectivity index (χ2v) is 15.5. The number of amides is 2. The molecule has 0 radical (unpaired) electrons. The Hall–Kier alpha value is -5.01. The first kappa shape index (κ1) is 32.9. The van der Waals surface area contributed by atoms with Crippen LogP contribution in [-0.4, -0.2) is 101 Å². The maximum atomic E-state index is 13.8. The smallest absolute Gasteiger partial charge is 0.241 e. The fourth-order valence-electron chi connectivity index (χ4n) is 7.15. The molecule has 12 nitrogen and oxygen atoms in total. The van der Waals surface area contributed by atoms with Crippen molar-refractivity contribution in [2.45, 2.75) is 55.4 Å². The van der Waals surface area contributed by atoms with Crippen LogP contribution in [-0.2, 0) is 9.59 Å². The van der Waals surface area contributed by atoms with Crippen LogP contribution in [0.3, 0.4) is 0 Å². The molecule has 0 unspecified atom stereocenters. The van der Waals surface area contributed by atoms with Crippen molar-refractivity contribution in [2.24, 2.45) is 0 Å². The van der Waals surface area contributed by atoms with Gasteiger partial charge in [0.25, 0.3) is 0 Å². The van der Waals surface area contributed by atoms with Gasteiger partial charge in [-0.25, -0.2) is 14.6 Å². The molecule has 0 spiro atoms. The summed E-state index contributed by atoms with van der Waals surface area (Å²) in [5, 5.41) is 16.4. The normalized spacial score (nSPS) is 20.6. The minimum absolute atomic E-state index is 0.0498. The molecule has 2 aliphatic carbocycles. The number of anilines is 1. The SMILES string of the molecule is CS[C@@]1(C(=O)Nc2ccc3[nH]nc(-c4ccc(OC5CC5)nc4)c3c2)CCN(CC(=O)N2CC=C(c3ccc(-c4ncn(C5CC5)n4)cc3)CC2)C1. The molecule has 5 heterocycles. The molecular formula is C39H41N9O3S. The lowest BCUT2D eigenvalue weighted by Gasteiger charge is -2.29. The Morgan fingerprint density at radius 1 is 1.00 bits per heavy atom. The van der Waals surface area contributed by atoms with E-state index < -0.39 is 4.75 Å². The first-order valence-electron chi connectivity index (χ1n) is 18.1. The van der Waals surface area contributed by atoms with Crippen molar-refractivity contribution in [3.8, 4) is 28.5 Å². The molecule has 3 fully saturated rings. The molecule has 2 amide bonds. The van der Waals surface area contributed by atoms with Gasteiger partial charge in [-0.05, 0) is 80.2 Å². The molecule has 266 valence electrons. The van der Waals surface area contributed by atoms with Gasteiger partial charge in [0.2, 0.25) is 17.7 Å². The van der Waals surface area contributed by atoms with E-state index in [2.05, 4.69) is 65.8 Å². The first-order valence-corrected chi connectivity index (χ1v) is 19.3. The van der Waals surface area contributed by atoms with Crippen LogP contribution < -0.4 is 10.1 Å². The van der Waals surface area contributed by atoms with Gasteiger partial charge in [0.1, 0.15) is 22.9 Å². The summed E-state index contributed by atoms with van der Waals surface area (Å²) < 4.78 is 7.12. The molecular weight excluding hydrogens is 675 g/mol. The maximum absolute atomic E-state index is 13.8. The Balaban J connectivity index is 0.801. The zero-order chi connectivity index (χ0) is 35.2. The zero-order valence-electron chi connectivity index (χ0n) is 29.1. The Bertz CT molecular complexity index is 2150. The van der Waals surface area contributed by atoms with Gasteiger partial charge in [-0.15, -0.1) is 11.8 Å². The molecule has 2 N–H and O–H groups in total. The highest BCUT2D eigenvalue weighted by Crippen LogP contribution is 2.37. The number of hydrogen-bond acceptors (Lipinski definition) is 9. The van der Waals surface area contributed by atoms with Gasteiger partial charge in [0.15, 0.2) is 5.82 Å². The number of likely N-dealkylation sites (tertiary alicyclic amines) is 1. The summed E-state index contributed by atoms with van der Waals surface area (Å²) in [6, 6.07) is 18.6. The van der Waals surface area contributed by atoms with E-state index in [1.54, 1.807) is 18.0 Å². The van der Waals surface area contributed by atoms with Crippen LogP contribution >= 0.6 is 11.8 Å². The number of nitrogens with one attached hydrogen (secondary N) is 2. The molecule has 1 atom stereocenters. The summed E-state index contributed by atoms with van der Waals surface area (Å²) >= 11 is 1.56.